The van der Waals surface area contributed by atoms with Crippen LogP contribution in [-0.4, -0.2) is 29.6 Å². The number of carbonyl (C=O) groups is 2. The van der Waals surface area contributed by atoms with Gasteiger partial charge in [0.05, 0.1) is 12.7 Å². The number of esters is 1. The number of aromatic nitrogens is 1. The first-order chi connectivity index (χ1) is 9.34. The smallest absolute Gasteiger partial charge is 0.454 e. The number of fused-ring (bicyclic) bond motifs is 1. The Morgan fingerprint density at radius 3 is 2.50 bits per heavy atom. The Labute approximate surface area is 111 Å². The summed E-state index contributed by atoms with van der Waals surface area (Å²) in [4.78, 5) is 22.6. The van der Waals surface area contributed by atoms with E-state index in [1.807, 2.05) is 0 Å². The van der Waals surface area contributed by atoms with Crippen LogP contribution in [0.4, 0.5) is 13.2 Å². The minimum Gasteiger partial charge on any atom is -0.468 e. The predicted molar refractivity (Wildman–Crippen MR) is 64.3 cm³/mol. The van der Waals surface area contributed by atoms with Gasteiger partial charge in [0.25, 0.3) is 5.78 Å². The van der Waals surface area contributed by atoms with Crippen molar-refractivity contribution in [3.63, 3.8) is 0 Å². The van der Waals surface area contributed by atoms with Crippen molar-refractivity contribution in [2.75, 3.05) is 7.11 Å². The van der Waals surface area contributed by atoms with Gasteiger partial charge in [0.15, 0.2) is 0 Å². The molecule has 7 heteroatoms. The van der Waals surface area contributed by atoms with E-state index >= 15 is 0 Å². The van der Waals surface area contributed by atoms with E-state index < -0.39 is 23.5 Å². The van der Waals surface area contributed by atoms with E-state index in [2.05, 4.69) is 4.74 Å². The number of ether oxygens (including phenoxy) is 1. The highest BCUT2D eigenvalue weighted by Crippen LogP contribution is 2.28. The summed E-state index contributed by atoms with van der Waals surface area (Å²) < 4.78 is 43.4. The number of hydrogen-bond acceptors (Lipinski definition) is 3. The highest BCUT2D eigenvalue weighted by molar-refractivity contribution is 6.10. The number of ketones is 1. The number of para-hydroxylation sites is 1. The van der Waals surface area contributed by atoms with Crippen LogP contribution in [0.15, 0.2) is 30.5 Å². The number of benzene rings is 1. The molecule has 0 aliphatic heterocycles. The van der Waals surface area contributed by atoms with Crippen molar-refractivity contribution < 1.29 is 27.5 Å². The second-order valence-corrected chi connectivity index (χ2v) is 4.09. The standard InChI is InChI=1S/C13H10F3NO3/c1-20-11(18)7-17-6-9(12(19)13(14,15)16)8-4-2-3-5-10(8)17/h2-6H,7H2,1H3. The second-order valence-electron chi connectivity index (χ2n) is 4.09. The van der Waals surface area contributed by atoms with Crippen molar-refractivity contribution in [3.8, 4) is 0 Å². The van der Waals surface area contributed by atoms with Crippen LogP contribution in [-0.2, 0) is 16.1 Å². The number of rotatable bonds is 3. The first-order valence-corrected chi connectivity index (χ1v) is 5.61. The maximum absolute atomic E-state index is 12.6. The van der Waals surface area contributed by atoms with Crippen LogP contribution in [0.1, 0.15) is 10.4 Å². The van der Waals surface area contributed by atoms with Gasteiger partial charge in [0.1, 0.15) is 6.54 Å². The van der Waals surface area contributed by atoms with E-state index in [1.54, 1.807) is 6.07 Å². The molecule has 1 aromatic carbocycles. The highest BCUT2D eigenvalue weighted by atomic mass is 19.4. The molecule has 20 heavy (non-hydrogen) atoms. The zero-order chi connectivity index (χ0) is 14.9. The van der Waals surface area contributed by atoms with Gasteiger partial charge in [0, 0.05) is 17.1 Å². The average molecular weight is 285 g/mol. The maximum Gasteiger partial charge on any atom is 0.454 e. The Balaban J connectivity index is 2.57. The van der Waals surface area contributed by atoms with E-state index in [0.717, 1.165) is 6.20 Å². The number of carbonyl (C=O) groups excluding carboxylic acids is 2. The summed E-state index contributed by atoms with van der Waals surface area (Å²) in [7, 11) is 1.18. The zero-order valence-corrected chi connectivity index (χ0v) is 10.4. The fourth-order valence-electron chi connectivity index (χ4n) is 1.91. The average Bonchev–Trinajstić information content (AvgIpc) is 2.76. The summed E-state index contributed by atoms with van der Waals surface area (Å²) >= 11 is 0. The van der Waals surface area contributed by atoms with E-state index in [4.69, 9.17) is 0 Å². The van der Waals surface area contributed by atoms with Crippen LogP contribution in [0.5, 0.6) is 0 Å². The van der Waals surface area contributed by atoms with Crippen molar-refractivity contribution in [2.24, 2.45) is 0 Å². The molecular weight excluding hydrogens is 275 g/mol. The molecule has 2 rings (SSSR count). The largest absolute Gasteiger partial charge is 0.468 e. The third kappa shape index (κ3) is 2.52. The first kappa shape index (κ1) is 14.1. The number of nitrogens with zero attached hydrogens (tertiary/aromatic N) is 1. The lowest BCUT2D eigenvalue weighted by Gasteiger charge is -2.03. The summed E-state index contributed by atoms with van der Waals surface area (Å²) in [6.07, 6.45) is -3.93. The van der Waals surface area contributed by atoms with Crippen LogP contribution in [0.25, 0.3) is 10.9 Å². The molecule has 106 valence electrons. The SMILES string of the molecule is COC(=O)Cn1cc(C(=O)C(F)(F)F)c2ccccc21. The molecular formula is C13H10F3NO3. The Hall–Kier alpha value is -2.31. The molecule has 0 amide bonds. The predicted octanol–water partition coefficient (Wildman–Crippen LogP) is 2.56. The lowest BCUT2D eigenvalue weighted by atomic mass is 10.1. The molecule has 4 nitrogen and oxygen atoms in total. The van der Waals surface area contributed by atoms with Crippen LogP contribution in [0, 0.1) is 0 Å². The monoisotopic (exact) mass is 285 g/mol. The van der Waals surface area contributed by atoms with Crippen molar-refractivity contribution >= 4 is 22.7 Å². The van der Waals surface area contributed by atoms with Gasteiger partial charge in [0.2, 0.25) is 0 Å². The van der Waals surface area contributed by atoms with E-state index in [9.17, 15) is 22.8 Å². The van der Waals surface area contributed by atoms with Gasteiger partial charge in [-0.3, -0.25) is 9.59 Å². The minimum absolute atomic E-state index is 0.152. The summed E-state index contributed by atoms with van der Waals surface area (Å²) in [5, 5.41) is 0.152. The van der Waals surface area contributed by atoms with Gasteiger partial charge >= 0.3 is 12.1 Å². The molecule has 0 aliphatic carbocycles. The van der Waals surface area contributed by atoms with Crippen molar-refractivity contribution in [2.45, 2.75) is 12.7 Å². The van der Waals surface area contributed by atoms with Gasteiger partial charge in [-0.05, 0) is 6.07 Å². The van der Waals surface area contributed by atoms with Gasteiger partial charge in [-0.25, -0.2) is 0 Å². The molecule has 2 aromatic rings. The summed E-state index contributed by atoms with van der Waals surface area (Å²) in [6.45, 7) is -0.262. The topological polar surface area (TPSA) is 48.3 Å². The summed E-state index contributed by atoms with van der Waals surface area (Å²) in [6, 6.07) is 6.07. The summed E-state index contributed by atoms with van der Waals surface area (Å²) in [5.74, 6) is -2.55. The van der Waals surface area contributed by atoms with E-state index in [0.29, 0.717) is 5.52 Å². The number of Topliss-reactive ketones (excluding diaryl/α,β-unsaturated/α-hetero) is 1. The molecule has 0 fully saturated rings. The van der Waals surface area contributed by atoms with E-state index in [1.165, 1.54) is 29.9 Å². The third-order valence-corrected chi connectivity index (χ3v) is 2.82. The normalized spacial score (nSPS) is 11.6. The Morgan fingerprint density at radius 1 is 1.25 bits per heavy atom. The van der Waals surface area contributed by atoms with Gasteiger partial charge < -0.3 is 9.30 Å². The number of methoxy groups -OCH3 is 1. The molecule has 0 saturated heterocycles. The van der Waals surface area contributed by atoms with Crippen LogP contribution < -0.4 is 0 Å². The minimum atomic E-state index is -4.96. The van der Waals surface area contributed by atoms with Crippen LogP contribution >= 0.6 is 0 Å². The van der Waals surface area contributed by atoms with Gasteiger partial charge in [-0.1, -0.05) is 18.2 Å². The Bertz CT molecular complexity index is 673. The van der Waals surface area contributed by atoms with Crippen molar-refractivity contribution in [1.29, 1.82) is 0 Å². The molecule has 0 saturated carbocycles. The second kappa shape index (κ2) is 4.99. The molecule has 0 unspecified atom stereocenters. The number of alkyl halides is 3. The van der Waals surface area contributed by atoms with Gasteiger partial charge in [-0.15, -0.1) is 0 Å². The zero-order valence-electron chi connectivity index (χ0n) is 10.4. The molecule has 0 spiro atoms. The number of hydrogen-bond donors (Lipinski definition) is 0. The Morgan fingerprint density at radius 2 is 1.90 bits per heavy atom. The highest BCUT2D eigenvalue weighted by Gasteiger charge is 2.40. The number of halogens is 3. The molecule has 0 radical (unpaired) electrons. The fourth-order valence-corrected chi connectivity index (χ4v) is 1.91. The molecule has 0 atom stereocenters. The van der Waals surface area contributed by atoms with E-state index in [-0.39, 0.29) is 11.9 Å². The molecule has 0 aliphatic rings. The first-order valence-electron chi connectivity index (χ1n) is 5.61. The lowest BCUT2D eigenvalue weighted by Crippen LogP contribution is -2.22. The van der Waals surface area contributed by atoms with Gasteiger partial charge in [-0.2, -0.15) is 13.2 Å². The molecule has 1 aromatic heterocycles. The molecule has 0 N–H and O–H groups in total. The lowest BCUT2D eigenvalue weighted by molar-refractivity contribution is -0.141. The third-order valence-electron chi connectivity index (χ3n) is 2.82. The fraction of sp³-hybridized carbons (Fsp3) is 0.231. The van der Waals surface area contributed by atoms with Crippen LogP contribution in [0.2, 0.25) is 0 Å². The molecule has 0 bridgehead atoms. The molecule has 1 heterocycles. The summed E-state index contributed by atoms with van der Waals surface area (Å²) in [5.41, 5.74) is -0.109. The Kier molecular flexibility index (Phi) is 3.52. The maximum atomic E-state index is 12.6. The van der Waals surface area contributed by atoms with Crippen molar-refractivity contribution in [1.82, 2.24) is 4.57 Å². The van der Waals surface area contributed by atoms with Crippen molar-refractivity contribution in [3.05, 3.63) is 36.0 Å². The van der Waals surface area contributed by atoms with Crippen LogP contribution in [0.3, 0.4) is 0 Å². The quantitative estimate of drug-likeness (QED) is 0.643.